The van der Waals surface area contributed by atoms with E-state index in [-0.39, 0.29) is 0 Å². The lowest BCUT2D eigenvalue weighted by Crippen LogP contribution is -2.48. The minimum absolute atomic E-state index is 0.859. The number of nitrogens with one attached hydrogen (secondary N) is 1. The van der Waals surface area contributed by atoms with Crippen molar-refractivity contribution in [3.8, 4) is 0 Å². The topological polar surface area (TPSA) is 70.5 Å². The van der Waals surface area contributed by atoms with Gasteiger partial charge in [0.15, 0.2) is 0 Å². The fraction of sp³-hybridized carbons (Fsp3) is 1.00. The van der Waals surface area contributed by atoms with E-state index >= 15 is 0 Å². The number of unbranched alkanes of at least 4 members (excludes halogenated alkanes) is 14. The molecule has 0 unspecified atom stereocenters. The lowest BCUT2D eigenvalue weighted by atomic mass is 10.1. The van der Waals surface area contributed by atoms with E-state index in [9.17, 15) is 0 Å². The summed E-state index contributed by atoms with van der Waals surface area (Å²) < 4.78 is 0. The highest BCUT2D eigenvalue weighted by Gasteiger charge is 2.15. The fourth-order valence-electron chi connectivity index (χ4n) is 4.59. The second-order valence-corrected chi connectivity index (χ2v) is 9.67. The van der Waals surface area contributed by atoms with Gasteiger partial charge >= 0.3 is 0 Å². The zero-order valence-corrected chi connectivity index (χ0v) is 20.9. The summed E-state index contributed by atoms with van der Waals surface area (Å²) in [6, 6.07) is 0. The Balaban J connectivity index is 1.78. The third-order valence-corrected chi connectivity index (χ3v) is 6.81. The van der Waals surface area contributed by atoms with E-state index in [0.717, 1.165) is 19.6 Å². The predicted octanol–water partition coefficient (Wildman–Crippen LogP) is 4.35. The molecule has 5 N–H and O–H groups in total. The second-order valence-electron chi connectivity index (χ2n) is 9.67. The van der Waals surface area contributed by atoms with Gasteiger partial charge in [0.1, 0.15) is 0 Å². The molecule has 0 radical (unpaired) electrons. The van der Waals surface area contributed by atoms with Crippen LogP contribution in [0.2, 0.25) is 0 Å². The summed E-state index contributed by atoms with van der Waals surface area (Å²) in [5, 5.41) is 3.66. The van der Waals surface area contributed by atoms with Crippen LogP contribution in [0, 0.1) is 0 Å². The molecule has 0 atom stereocenters. The smallest absolute Gasteiger partial charge is 0.0110 e. The van der Waals surface area contributed by atoms with Gasteiger partial charge in [-0.25, -0.2) is 0 Å². The molecule has 0 bridgehead atoms. The first kappa shape index (κ1) is 28.8. The van der Waals surface area contributed by atoms with Crippen LogP contribution in [0.25, 0.3) is 0 Å². The first-order valence-electron chi connectivity index (χ1n) is 13.9. The van der Waals surface area contributed by atoms with Gasteiger partial charge in [0, 0.05) is 39.3 Å². The Labute approximate surface area is 195 Å². The molecule has 5 heteroatoms. The van der Waals surface area contributed by atoms with Gasteiger partial charge in [-0.1, -0.05) is 77.0 Å². The number of hydrogen-bond acceptors (Lipinski definition) is 5. The summed E-state index contributed by atoms with van der Waals surface area (Å²) in [5.41, 5.74) is 11.1. The van der Waals surface area contributed by atoms with E-state index in [2.05, 4.69) is 15.1 Å². The minimum Gasteiger partial charge on any atom is -0.330 e. The van der Waals surface area contributed by atoms with Crippen LogP contribution in [-0.2, 0) is 0 Å². The lowest BCUT2D eigenvalue weighted by molar-refractivity contribution is 0.131. The average Bonchev–Trinajstić information content (AvgIpc) is 2.79. The molecule has 1 aliphatic heterocycles. The normalized spacial score (nSPS) is 15.7. The molecule has 31 heavy (non-hydrogen) atoms. The molecule has 1 heterocycles. The lowest BCUT2D eigenvalue weighted by Gasteiger charge is -2.34. The molecule has 0 aromatic carbocycles. The van der Waals surface area contributed by atoms with Gasteiger partial charge in [0.2, 0.25) is 0 Å². The molecule has 0 aliphatic carbocycles. The Morgan fingerprint density at radius 1 is 0.419 bits per heavy atom. The van der Waals surface area contributed by atoms with Crippen molar-refractivity contribution in [2.75, 3.05) is 65.4 Å². The van der Waals surface area contributed by atoms with Crippen LogP contribution < -0.4 is 16.8 Å². The summed E-state index contributed by atoms with van der Waals surface area (Å²) in [4.78, 5) is 5.33. The SMILES string of the molecule is NCCCCCCCCCCNCCN1CCN(CCCCCCCCCCN)CC1. The largest absolute Gasteiger partial charge is 0.330 e. The van der Waals surface area contributed by atoms with Crippen LogP contribution in [-0.4, -0.2) is 75.2 Å². The molecule has 1 saturated heterocycles. The molecular weight excluding hydrogens is 382 g/mol. The van der Waals surface area contributed by atoms with Crippen molar-refractivity contribution in [3.05, 3.63) is 0 Å². The van der Waals surface area contributed by atoms with Crippen LogP contribution in [0.1, 0.15) is 103 Å². The van der Waals surface area contributed by atoms with Crippen molar-refractivity contribution in [1.29, 1.82) is 0 Å². The zero-order valence-electron chi connectivity index (χ0n) is 20.9. The predicted molar refractivity (Wildman–Crippen MR) is 138 cm³/mol. The van der Waals surface area contributed by atoms with Crippen molar-refractivity contribution in [2.24, 2.45) is 11.5 Å². The maximum absolute atomic E-state index is 5.54. The molecule has 186 valence electrons. The van der Waals surface area contributed by atoms with Crippen LogP contribution >= 0.6 is 0 Å². The monoisotopic (exact) mass is 439 g/mol. The molecule has 0 saturated carbocycles. The average molecular weight is 440 g/mol. The number of piperazine rings is 1. The first-order chi connectivity index (χ1) is 15.4. The molecule has 5 nitrogen and oxygen atoms in total. The third-order valence-electron chi connectivity index (χ3n) is 6.81. The van der Waals surface area contributed by atoms with Crippen LogP contribution in [0.5, 0.6) is 0 Å². The molecule has 0 aromatic rings. The highest BCUT2D eigenvalue weighted by Crippen LogP contribution is 2.10. The van der Waals surface area contributed by atoms with Crippen molar-refractivity contribution < 1.29 is 0 Å². The molecular formula is C26H57N5. The quantitative estimate of drug-likeness (QED) is 0.206. The molecule has 1 aliphatic rings. The fourth-order valence-corrected chi connectivity index (χ4v) is 4.59. The summed E-state index contributed by atoms with van der Waals surface area (Å²) in [6.45, 7) is 11.7. The summed E-state index contributed by atoms with van der Waals surface area (Å²) >= 11 is 0. The molecule has 1 fully saturated rings. The van der Waals surface area contributed by atoms with Crippen molar-refractivity contribution in [2.45, 2.75) is 103 Å². The summed E-state index contributed by atoms with van der Waals surface area (Å²) in [7, 11) is 0. The standard InChI is InChI=1S/C26H57N5/c27-17-13-9-5-1-3-7-11-15-19-29-20-22-31-25-23-30(24-26-31)21-16-12-8-4-2-6-10-14-18-28/h29H,1-28H2. The Morgan fingerprint density at radius 3 is 1.29 bits per heavy atom. The maximum atomic E-state index is 5.54. The van der Waals surface area contributed by atoms with Gasteiger partial charge in [0.05, 0.1) is 0 Å². The van der Waals surface area contributed by atoms with E-state index < -0.39 is 0 Å². The number of nitrogens with two attached hydrogens (primary N) is 2. The second kappa shape index (κ2) is 23.0. The maximum Gasteiger partial charge on any atom is 0.0110 e. The van der Waals surface area contributed by atoms with E-state index in [1.165, 1.54) is 149 Å². The highest BCUT2D eigenvalue weighted by atomic mass is 15.3. The third kappa shape index (κ3) is 19.0. The highest BCUT2D eigenvalue weighted by molar-refractivity contribution is 4.72. The van der Waals surface area contributed by atoms with E-state index in [4.69, 9.17) is 11.5 Å². The van der Waals surface area contributed by atoms with Gasteiger partial charge in [0.25, 0.3) is 0 Å². The summed E-state index contributed by atoms with van der Waals surface area (Å²) in [5.74, 6) is 0. The van der Waals surface area contributed by atoms with Crippen LogP contribution in [0.3, 0.4) is 0 Å². The van der Waals surface area contributed by atoms with Crippen molar-refractivity contribution >= 4 is 0 Å². The van der Waals surface area contributed by atoms with E-state index in [1.54, 1.807) is 0 Å². The van der Waals surface area contributed by atoms with Crippen molar-refractivity contribution in [1.82, 2.24) is 15.1 Å². The van der Waals surface area contributed by atoms with E-state index in [0.29, 0.717) is 0 Å². The molecule has 0 aromatic heterocycles. The molecule has 1 rings (SSSR count). The number of nitrogens with zero attached hydrogens (tertiary/aromatic N) is 2. The van der Waals surface area contributed by atoms with Crippen molar-refractivity contribution in [3.63, 3.8) is 0 Å². The number of rotatable bonds is 23. The Kier molecular flexibility index (Phi) is 21.4. The van der Waals surface area contributed by atoms with Gasteiger partial charge in [-0.3, -0.25) is 4.90 Å². The van der Waals surface area contributed by atoms with E-state index in [1.807, 2.05) is 0 Å². The minimum atomic E-state index is 0.859. The van der Waals surface area contributed by atoms with Gasteiger partial charge in [-0.05, 0) is 51.9 Å². The van der Waals surface area contributed by atoms with Gasteiger partial charge < -0.3 is 21.7 Å². The Hall–Kier alpha value is -0.200. The molecule has 0 spiro atoms. The zero-order chi connectivity index (χ0) is 22.2. The van der Waals surface area contributed by atoms with Crippen LogP contribution in [0.4, 0.5) is 0 Å². The van der Waals surface area contributed by atoms with Gasteiger partial charge in [-0.2, -0.15) is 0 Å². The number of hydrogen-bond donors (Lipinski definition) is 3. The van der Waals surface area contributed by atoms with Crippen LogP contribution in [0.15, 0.2) is 0 Å². The molecule has 0 amide bonds. The van der Waals surface area contributed by atoms with Gasteiger partial charge in [-0.15, -0.1) is 0 Å². The Bertz CT molecular complexity index is 342. The summed E-state index contributed by atoms with van der Waals surface area (Å²) in [6.07, 6.45) is 21.8. The Morgan fingerprint density at radius 2 is 0.806 bits per heavy atom. The first-order valence-corrected chi connectivity index (χ1v) is 13.9.